The van der Waals surface area contributed by atoms with Gasteiger partial charge in [0.2, 0.25) is 6.16 Å². The van der Waals surface area contributed by atoms with E-state index >= 15 is 0 Å². The molecule has 0 spiro atoms. The quantitative estimate of drug-likeness (QED) is 0.414. The van der Waals surface area contributed by atoms with Gasteiger partial charge in [0.25, 0.3) is 0 Å². The van der Waals surface area contributed by atoms with E-state index in [0.29, 0.717) is 0 Å². The average molecular weight is 202 g/mol. The second kappa shape index (κ2) is 18.1. The van der Waals surface area contributed by atoms with E-state index in [1.165, 1.54) is 38.5 Å². The molecular formula is C7H19N2NaO3. The molecule has 0 unspecified atom stereocenters. The van der Waals surface area contributed by atoms with Crippen molar-refractivity contribution in [2.75, 3.05) is 0 Å². The summed E-state index contributed by atoms with van der Waals surface area (Å²) in [6, 6.07) is 0. The van der Waals surface area contributed by atoms with Crippen LogP contribution in [-0.4, -0.2) is 11.3 Å². The van der Waals surface area contributed by atoms with Gasteiger partial charge < -0.3 is 27.3 Å². The van der Waals surface area contributed by atoms with Crippen LogP contribution < -0.4 is 47.0 Å². The van der Waals surface area contributed by atoms with Crippen molar-refractivity contribution >= 4 is 6.16 Å². The number of hydrogen-bond acceptors (Lipinski definition) is 4. The van der Waals surface area contributed by atoms with Crippen LogP contribution in [0.2, 0.25) is 0 Å². The molecule has 6 heteroatoms. The molecule has 5 nitrogen and oxygen atoms in total. The molecule has 7 N–H and O–H groups in total. The monoisotopic (exact) mass is 202 g/mol. The van der Waals surface area contributed by atoms with Crippen LogP contribution in [-0.2, 0) is 0 Å². The van der Waals surface area contributed by atoms with Gasteiger partial charge in [-0.15, -0.1) is 0 Å². The Balaban J connectivity index is -0.0000000536. The molecule has 0 bridgehead atoms. The van der Waals surface area contributed by atoms with E-state index in [4.69, 9.17) is 15.0 Å². The van der Waals surface area contributed by atoms with Crippen LogP contribution in [0, 0.1) is 0 Å². The van der Waals surface area contributed by atoms with Crippen molar-refractivity contribution in [1.29, 1.82) is 0 Å². The summed E-state index contributed by atoms with van der Waals surface area (Å²) in [5, 5.41) is 15.3. The smallest absolute Gasteiger partial charge is 0.565 e. The fourth-order valence-corrected chi connectivity index (χ4v) is 1.06. The van der Waals surface area contributed by atoms with Crippen molar-refractivity contribution in [2.45, 2.75) is 38.5 Å². The van der Waals surface area contributed by atoms with Crippen molar-refractivity contribution in [3.8, 4) is 0 Å². The molecule has 76 valence electrons. The third-order valence-electron chi connectivity index (χ3n) is 1.50. The van der Waals surface area contributed by atoms with Crippen LogP contribution in [0.15, 0.2) is 0 Å². The summed E-state index contributed by atoms with van der Waals surface area (Å²) in [5.41, 5.74) is 0. The van der Waals surface area contributed by atoms with Gasteiger partial charge in [-0.2, -0.15) is 0 Å². The van der Waals surface area contributed by atoms with Crippen LogP contribution in [0.5, 0.6) is 0 Å². The summed E-state index contributed by atoms with van der Waals surface area (Å²) in [5.74, 6) is 0. The Morgan fingerprint density at radius 2 is 1.00 bits per heavy atom. The average Bonchev–Trinajstić information content (AvgIpc) is 1.90. The molecule has 1 aliphatic rings. The van der Waals surface area contributed by atoms with Crippen LogP contribution in [0.1, 0.15) is 38.5 Å². The molecule has 0 heterocycles. The first kappa shape index (κ1) is 23.2. The Labute approximate surface area is 101 Å². The summed E-state index contributed by atoms with van der Waals surface area (Å²) < 4.78 is 0. The summed E-state index contributed by atoms with van der Waals surface area (Å²) in [6.07, 6.45) is 6.92. The third kappa shape index (κ3) is 33.0. The van der Waals surface area contributed by atoms with Crippen molar-refractivity contribution in [1.82, 2.24) is 12.3 Å². The fourth-order valence-electron chi connectivity index (χ4n) is 1.06. The third-order valence-corrected chi connectivity index (χ3v) is 1.50. The fraction of sp³-hybridized carbons (Fsp3) is 0.857. The number of hydrogen-bond donors (Lipinski definition) is 3. The van der Waals surface area contributed by atoms with E-state index in [-0.39, 0.29) is 41.9 Å². The molecule has 0 aromatic carbocycles. The summed E-state index contributed by atoms with van der Waals surface area (Å²) in [4.78, 5) is 8.44. The Bertz CT molecular complexity index is 84.2. The van der Waals surface area contributed by atoms with Crippen molar-refractivity contribution in [3.63, 3.8) is 0 Å². The van der Waals surface area contributed by atoms with Gasteiger partial charge in [0, 0.05) is 0 Å². The largest absolute Gasteiger partial charge is 1.00 e. The maximum Gasteiger partial charge on any atom is 1.00 e. The Morgan fingerprint density at radius 1 is 0.923 bits per heavy atom. The molecule has 0 radical (unpaired) electrons. The zero-order valence-corrected chi connectivity index (χ0v) is 10.4. The predicted molar refractivity (Wildman–Crippen MR) is 45.8 cm³/mol. The second-order valence-corrected chi connectivity index (χ2v) is 2.39. The van der Waals surface area contributed by atoms with E-state index in [2.05, 4.69) is 0 Å². The van der Waals surface area contributed by atoms with Gasteiger partial charge in [-0.1, -0.05) is 38.5 Å². The predicted octanol–water partition coefficient (Wildman–Crippen LogP) is -1.44. The van der Waals surface area contributed by atoms with Gasteiger partial charge in [-0.3, -0.25) is 0 Å². The Hall–Kier alpha value is 0.190. The first-order valence-corrected chi connectivity index (χ1v) is 3.63. The molecule has 1 fully saturated rings. The normalized spacial score (nSPS) is 12.9. The van der Waals surface area contributed by atoms with Gasteiger partial charge >= 0.3 is 29.6 Å². The Morgan fingerprint density at radius 3 is 1.08 bits per heavy atom. The number of carbonyl (C=O) groups is 1. The molecule has 0 saturated heterocycles. The van der Waals surface area contributed by atoms with E-state index in [0.717, 1.165) is 0 Å². The molecule has 1 saturated carbocycles. The molecule has 0 atom stereocenters. The second-order valence-electron chi connectivity index (χ2n) is 2.39. The summed E-state index contributed by atoms with van der Waals surface area (Å²) in [6.45, 7) is 0. The molecule has 0 aliphatic heterocycles. The molecule has 0 amide bonds. The zero-order chi connectivity index (χ0) is 7.82. The topological polar surface area (TPSA) is 130 Å². The first-order valence-electron chi connectivity index (χ1n) is 3.63. The minimum Gasteiger partial charge on any atom is -0.565 e. The number of rotatable bonds is 0. The van der Waals surface area contributed by atoms with Gasteiger partial charge in [0.1, 0.15) is 0 Å². The van der Waals surface area contributed by atoms with Crippen LogP contribution in [0.3, 0.4) is 0 Å². The SMILES string of the molecule is C1CCCCC1.N.N.O=C([O-])O.[Na+]. The first-order chi connectivity index (χ1) is 4.73. The molecule has 1 aliphatic carbocycles. The van der Waals surface area contributed by atoms with Crippen molar-refractivity contribution < 1.29 is 44.6 Å². The summed E-state index contributed by atoms with van der Waals surface area (Å²) in [7, 11) is 0. The maximum absolute atomic E-state index is 8.44. The molecule has 0 aromatic heterocycles. The van der Waals surface area contributed by atoms with E-state index in [9.17, 15) is 0 Å². The van der Waals surface area contributed by atoms with Crippen molar-refractivity contribution in [3.05, 3.63) is 0 Å². The van der Waals surface area contributed by atoms with Gasteiger partial charge in [0.15, 0.2) is 0 Å². The van der Waals surface area contributed by atoms with Gasteiger partial charge in [0.05, 0.1) is 0 Å². The number of carboxylic acid groups (broad SMARTS) is 2. The van der Waals surface area contributed by atoms with Gasteiger partial charge in [-0.05, 0) is 0 Å². The molecule has 13 heavy (non-hydrogen) atoms. The van der Waals surface area contributed by atoms with Crippen LogP contribution in [0.4, 0.5) is 4.79 Å². The molecule has 0 aromatic rings. The van der Waals surface area contributed by atoms with E-state index in [1.807, 2.05) is 0 Å². The summed E-state index contributed by atoms with van der Waals surface area (Å²) >= 11 is 0. The molecule has 1 rings (SSSR count). The Kier molecular flexibility index (Phi) is 32.3. The molecular weight excluding hydrogens is 183 g/mol. The zero-order valence-electron chi connectivity index (χ0n) is 8.42. The van der Waals surface area contributed by atoms with Crippen LogP contribution in [0.25, 0.3) is 0 Å². The van der Waals surface area contributed by atoms with E-state index in [1.54, 1.807) is 0 Å². The van der Waals surface area contributed by atoms with Crippen LogP contribution >= 0.6 is 0 Å². The minimum atomic E-state index is -2.08. The standard InChI is InChI=1S/C6H12.CH2O3.2H3N.Na/c1-2-4-6-5-3-1;2-1(3)4;;;/h1-6H2;(H2,2,3,4);2*1H3;/q;;;;+1/p-1. The van der Waals surface area contributed by atoms with Crippen molar-refractivity contribution in [2.24, 2.45) is 0 Å². The van der Waals surface area contributed by atoms with E-state index < -0.39 is 6.16 Å². The van der Waals surface area contributed by atoms with Gasteiger partial charge in [-0.25, -0.2) is 0 Å². The maximum atomic E-state index is 8.44. The minimum absolute atomic E-state index is 0.